The van der Waals surface area contributed by atoms with Gasteiger partial charge in [0.05, 0.1) is 5.83 Å². The molecule has 1 nitrogen and oxygen atoms in total. The van der Waals surface area contributed by atoms with Crippen molar-refractivity contribution in [3.05, 3.63) is 47.3 Å². The largest absolute Gasteiger partial charge is 0.294 e. The molecule has 0 saturated carbocycles. The van der Waals surface area contributed by atoms with Crippen molar-refractivity contribution in [3.8, 4) is 0 Å². The fourth-order valence-corrected chi connectivity index (χ4v) is 2.02. The van der Waals surface area contributed by atoms with Crippen LogP contribution in [0.5, 0.6) is 0 Å². The highest BCUT2D eigenvalue weighted by Gasteiger charge is 2.17. The highest BCUT2D eigenvalue weighted by atomic mass is 19.1. The first kappa shape index (κ1) is 11.1. The average molecular weight is 218 g/mol. The Hall–Kier alpha value is -1.44. The standard InChI is InChI=1S/C9H8O.C5H7F/c10-9-6-5-7-3-1-2-4-8(7)9;6-5-3-1-2-4-5/h1-4H,5-6H2;3H,1-2,4H2. The molecular weight excluding hydrogens is 203 g/mol. The van der Waals surface area contributed by atoms with Gasteiger partial charge >= 0.3 is 0 Å². The third-order valence-electron chi connectivity index (χ3n) is 2.92. The van der Waals surface area contributed by atoms with Crippen molar-refractivity contribution in [2.24, 2.45) is 0 Å². The molecule has 2 aliphatic rings. The molecule has 0 amide bonds. The van der Waals surface area contributed by atoms with Crippen LogP contribution >= 0.6 is 0 Å². The average Bonchev–Trinajstić information content (AvgIpc) is 2.91. The number of benzene rings is 1. The van der Waals surface area contributed by atoms with Crippen LogP contribution < -0.4 is 0 Å². The van der Waals surface area contributed by atoms with Crippen LogP contribution in [0.25, 0.3) is 0 Å². The van der Waals surface area contributed by atoms with Crippen LogP contribution in [0.2, 0.25) is 0 Å². The molecule has 2 heteroatoms. The number of Topliss-reactive ketones (excluding diaryl/α,β-unsaturated/α-hetero) is 1. The summed E-state index contributed by atoms with van der Waals surface area (Å²) < 4.78 is 11.8. The molecule has 0 atom stereocenters. The van der Waals surface area contributed by atoms with E-state index < -0.39 is 0 Å². The van der Waals surface area contributed by atoms with Gasteiger partial charge in [-0.2, -0.15) is 0 Å². The van der Waals surface area contributed by atoms with E-state index in [9.17, 15) is 9.18 Å². The van der Waals surface area contributed by atoms with E-state index in [4.69, 9.17) is 0 Å². The molecule has 84 valence electrons. The first-order valence-electron chi connectivity index (χ1n) is 5.73. The van der Waals surface area contributed by atoms with E-state index in [-0.39, 0.29) is 5.83 Å². The van der Waals surface area contributed by atoms with Crippen molar-refractivity contribution in [1.82, 2.24) is 0 Å². The van der Waals surface area contributed by atoms with Crippen LogP contribution in [-0.2, 0) is 6.42 Å². The summed E-state index contributed by atoms with van der Waals surface area (Å²) >= 11 is 0. The smallest absolute Gasteiger partial charge is 0.163 e. The number of carbonyl (C=O) groups is 1. The summed E-state index contributed by atoms with van der Waals surface area (Å²) in [6.45, 7) is 0. The van der Waals surface area contributed by atoms with Gasteiger partial charge in [-0.25, -0.2) is 4.39 Å². The van der Waals surface area contributed by atoms with E-state index >= 15 is 0 Å². The van der Waals surface area contributed by atoms with Gasteiger partial charge in [-0.15, -0.1) is 0 Å². The van der Waals surface area contributed by atoms with Gasteiger partial charge in [-0.05, 0) is 31.2 Å². The highest BCUT2D eigenvalue weighted by molar-refractivity contribution is 6.00. The monoisotopic (exact) mass is 218 g/mol. The van der Waals surface area contributed by atoms with Gasteiger partial charge in [-0.3, -0.25) is 4.79 Å². The van der Waals surface area contributed by atoms with Gasteiger partial charge in [0.25, 0.3) is 0 Å². The number of aryl methyl sites for hydroxylation is 1. The van der Waals surface area contributed by atoms with Crippen LogP contribution in [0, 0.1) is 0 Å². The molecule has 0 spiro atoms. The molecule has 0 unspecified atom stereocenters. The minimum absolute atomic E-state index is 0.0787. The molecule has 16 heavy (non-hydrogen) atoms. The molecule has 0 N–H and O–H groups in total. The zero-order valence-electron chi connectivity index (χ0n) is 9.21. The Bertz CT molecular complexity index is 420. The molecule has 0 heterocycles. The van der Waals surface area contributed by atoms with Crippen LogP contribution in [0.1, 0.15) is 41.6 Å². The second kappa shape index (κ2) is 5.06. The normalized spacial score (nSPS) is 17.6. The predicted molar refractivity (Wildman–Crippen MR) is 62.1 cm³/mol. The topological polar surface area (TPSA) is 17.1 Å². The number of hydrogen-bond acceptors (Lipinski definition) is 1. The number of ketones is 1. The van der Waals surface area contributed by atoms with E-state index in [1.165, 1.54) is 5.56 Å². The first-order chi connectivity index (χ1) is 7.77. The molecule has 0 bridgehead atoms. The number of fused-ring (bicyclic) bond motifs is 1. The Labute approximate surface area is 95.0 Å². The number of allylic oxidation sites excluding steroid dienone is 2. The zero-order chi connectivity index (χ0) is 11.4. The van der Waals surface area contributed by atoms with E-state index in [1.807, 2.05) is 24.3 Å². The maximum atomic E-state index is 11.8. The summed E-state index contributed by atoms with van der Waals surface area (Å²) in [5.74, 6) is 0.380. The Morgan fingerprint density at radius 2 is 1.88 bits per heavy atom. The lowest BCUT2D eigenvalue weighted by Crippen LogP contribution is -1.88. The molecule has 1 aromatic carbocycles. The fourth-order valence-electron chi connectivity index (χ4n) is 2.02. The first-order valence-corrected chi connectivity index (χ1v) is 5.73. The minimum Gasteiger partial charge on any atom is -0.294 e. The lowest BCUT2D eigenvalue weighted by molar-refractivity contribution is 0.0994. The molecule has 0 aromatic heterocycles. The lowest BCUT2D eigenvalue weighted by Gasteiger charge is -1.92. The predicted octanol–water partition coefficient (Wildman–Crippen LogP) is 3.84. The van der Waals surface area contributed by atoms with Crippen LogP contribution in [0.15, 0.2) is 36.2 Å². The maximum Gasteiger partial charge on any atom is 0.163 e. The third-order valence-corrected chi connectivity index (χ3v) is 2.92. The molecule has 2 aliphatic carbocycles. The van der Waals surface area contributed by atoms with Gasteiger partial charge < -0.3 is 0 Å². The van der Waals surface area contributed by atoms with Crippen molar-refractivity contribution in [1.29, 1.82) is 0 Å². The minimum atomic E-state index is 0.0787. The quantitative estimate of drug-likeness (QED) is 0.646. The van der Waals surface area contributed by atoms with Crippen LogP contribution in [0.4, 0.5) is 4.39 Å². The zero-order valence-corrected chi connectivity index (χ0v) is 9.21. The molecule has 0 radical (unpaired) electrons. The number of rotatable bonds is 0. The van der Waals surface area contributed by atoms with Crippen molar-refractivity contribution >= 4 is 5.78 Å². The van der Waals surface area contributed by atoms with E-state index in [0.717, 1.165) is 24.8 Å². The highest BCUT2D eigenvalue weighted by Crippen LogP contribution is 2.20. The summed E-state index contributed by atoms with van der Waals surface area (Å²) in [6, 6.07) is 7.84. The van der Waals surface area contributed by atoms with Crippen molar-refractivity contribution in [2.75, 3.05) is 0 Å². The van der Waals surface area contributed by atoms with Crippen LogP contribution in [-0.4, -0.2) is 5.78 Å². The third kappa shape index (κ3) is 2.57. The number of halogens is 1. The molecule has 0 aliphatic heterocycles. The second-order valence-corrected chi connectivity index (χ2v) is 4.12. The van der Waals surface area contributed by atoms with Gasteiger partial charge in [0.15, 0.2) is 5.78 Å². The van der Waals surface area contributed by atoms with Crippen molar-refractivity contribution in [3.63, 3.8) is 0 Å². The Kier molecular flexibility index (Phi) is 3.50. The molecule has 3 rings (SSSR count). The Balaban J connectivity index is 0.000000138. The second-order valence-electron chi connectivity index (χ2n) is 4.12. The SMILES string of the molecule is FC1=CCCC1.O=C1CCc2ccccc21. The summed E-state index contributed by atoms with van der Waals surface area (Å²) in [7, 11) is 0. The summed E-state index contributed by atoms with van der Waals surface area (Å²) in [6.07, 6.45) is 5.95. The number of hydrogen-bond donors (Lipinski definition) is 0. The van der Waals surface area contributed by atoms with Crippen molar-refractivity contribution < 1.29 is 9.18 Å². The summed E-state index contributed by atoms with van der Waals surface area (Å²) in [5, 5.41) is 0. The molecule has 0 saturated heterocycles. The van der Waals surface area contributed by atoms with Crippen LogP contribution in [0.3, 0.4) is 0 Å². The van der Waals surface area contributed by atoms with E-state index in [1.54, 1.807) is 6.08 Å². The summed E-state index contributed by atoms with van der Waals surface area (Å²) in [5.41, 5.74) is 2.15. The van der Waals surface area contributed by atoms with Gasteiger partial charge in [0, 0.05) is 12.0 Å². The van der Waals surface area contributed by atoms with Gasteiger partial charge in [0.2, 0.25) is 0 Å². The van der Waals surface area contributed by atoms with E-state index in [0.29, 0.717) is 18.6 Å². The maximum absolute atomic E-state index is 11.8. The number of carbonyl (C=O) groups excluding carboxylic acids is 1. The molecule has 0 fully saturated rings. The fraction of sp³-hybridized carbons (Fsp3) is 0.357. The van der Waals surface area contributed by atoms with Gasteiger partial charge in [0.1, 0.15) is 0 Å². The molecular formula is C14H15FO. The van der Waals surface area contributed by atoms with Gasteiger partial charge in [-0.1, -0.05) is 30.3 Å². The Morgan fingerprint density at radius 1 is 1.06 bits per heavy atom. The Morgan fingerprint density at radius 3 is 2.44 bits per heavy atom. The van der Waals surface area contributed by atoms with Crippen molar-refractivity contribution in [2.45, 2.75) is 32.1 Å². The molecule has 1 aromatic rings. The lowest BCUT2D eigenvalue weighted by atomic mass is 10.1. The summed E-state index contributed by atoms with van der Waals surface area (Å²) in [4.78, 5) is 11.1. The van der Waals surface area contributed by atoms with E-state index in [2.05, 4.69) is 0 Å².